The fourth-order valence-corrected chi connectivity index (χ4v) is 3.46. The number of benzene rings is 1. The van der Waals surface area contributed by atoms with Crippen molar-refractivity contribution in [3.8, 4) is 16.9 Å². The van der Waals surface area contributed by atoms with Crippen molar-refractivity contribution in [1.82, 2.24) is 19.7 Å². The third-order valence-electron chi connectivity index (χ3n) is 4.76. The maximum absolute atomic E-state index is 12.4. The van der Waals surface area contributed by atoms with Crippen LogP contribution in [0.2, 0.25) is 0 Å². The van der Waals surface area contributed by atoms with Crippen LogP contribution in [0.4, 0.5) is 0 Å². The van der Waals surface area contributed by atoms with Crippen molar-refractivity contribution in [2.75, 3.05) is 20.8 Å². The van der Waals surface area contributed by atoms with Gasteiger partial charge in [0.25, 0.3) is 0 Å². The second-order valence-electron chi connectivity index (χ2n) is 6.36. The van der Waals surface area contributed by atoms with Crippen molar-refractivity contribution in [2.45, 2.75) is 34.2 Å². The summed E-state index contributed by atoms with van der Waals surface area (Å²) in [6, 6.07) is 3.83. The number of imidazole rings is 1. The van der Waals surface area contributed by atoms with Gasteiger partial charge in [0.05, 0.1) is 54.3 Å². The number of fused-ring (bicyclic) bond motifs is 3. The van der Waals surface area contributed by atoms with Crippen LogP contribution in [-0.2, 0) is 11.3 Å². The van der Waals surface area contributed by atoms with E-state index in [9.17, 15) is 4.79 Å². The molecular weight excluding hydrogens is 372 g/mol. The van der Waals surface area contributed by atoms with Crippen LogP contribution in [-0.4, -0.2) is 40.5 Å². The molecule has 0 spiro atoms. The van der Waals surface area contributed by atoms with Gasteiger partial charge in [-0.3, -0.25) is 9.55 Å². The molecule has 0 amide bonds. The average molecular weight is 398 g/mol. The summed E-state index contributed by atoms with van der Waals surface area (Å²) in [5, 5.41) is 4.84. The third-order valence-corrected chi connectivity index (χ3v) is 4.76. The minimum absolute atomic E-state index is 0.190. The Morgan fingerprint density at radius 1 is 1.21 bits per heavy atom. The van der Waals surface area contributed by atoms with Gasteiger partial charge in [-0.1, -0.05) is 19.0 Å². The van der Waals surface area contributed by atoms with Crippen LogP contribution < -0.4 is 10.4 Å². The van der Waals surface area contributed by atoms with Gasteiger partial charge in [0.2, 0.25) is 0 Å². The molecule has 3 aromatic heterocycles. The molecule has 1 aromatic carbocycles. The summed E-state index contributed by atoms with van der Waals surface area (Å²) >= 11 is 0. The summed E-state index contributed by atoms with van der Waals surface area (Å²) in [7, 11) is 3.22. The van der Waals surface area contributed by atoms with Crippen LogP contribution >= 0.6 is 0 Å². The first kappa shape index (κ1) is 20.6. The molecule has 8 heteroatoms. The van der Waals surface area contributed by atoms with Crippen molar-refractivity contribution in [2.24, 2.45) is 0 Å². The highest BCUT2D eigenvalue weighted by molar-refractivity contribution is 6.04. The lowest BCUT2D eigenvalue weighted by atomic mass is 10.0. The molecule has 0 aliphatic carbocycles. The minimum atomic E-state index is -0.190. The predicted octanol–water partition coefficient (Wildman–Crippen LogP) is 3.83. The van der Waals surface area contributed by atoms with E-state index in [0.29, 0.717) is 24.7 Å². The minimum Gasteiger partial charge on any atom is -0.496 e. The van der Waals surface area contributed by atoms with E-state index in [1.807, 2.05) is 39.8 Å². The predicted molar refractivity (Wildman–Crippen MR) is 113 cm³/mol. The number of hydrogen-bond acceptors (Lipinski definition) is 6. The topological polar surface area (TPSA) is 95.2 Å². The van der Waals surface area contributed by atoms with Gasteiger partial charge in [-0.25, -0.2) is 4.79 Å². The molecular formula is C21H26N4O4. The molecule has 0 aliphatic rings. The average Bonchev–Trinajstić information content (AvgIpc) is 3.24. The van der Waals surface area contributed by atoms with Crippen molar-refractivity contribution in [1.29, 1.82) is 0 Å². The Hall–Kier alpha value is -3.13. The standard InChI is InChI=1S/C19H20N4O4.C2H6/c1-10-17(11(2)27-22-10)13-7-14-12(8-16(13)26-4)18-15(9-20-14)23(5-6-25-3)19(24)21-18;1-2/h7-9H,5-6H2,1-4H3,(H,21,24);1-2H3. The van der Waals surface area contributed by atoms with Crippen molar-refractivity contribution in [3.05, 3.63) is 40.3 Å². The van der Waals surface area contributed by atoms with Gasteiger partial charge in [-0.2, -0.15) is 0 Å². The van der Waals surface area contributed by atoms with E-state index in [0.717, 1.165) is 38.8 Å². The van der Waals surface area contributed by atoms with Crippen LogP contribution in [0.5, 0.6) is 5.75 Å². The molecule has 0 saturated carbocycles. The fraction of sp³-hybridized carbons (Fsp3) is 0.381. The normalized spacial score (nSPS) is 11.0. The number of aromatic amines is 1. The SMILES string of the molecule is CC.COCCn1c(=O)[nH]c2c3cc(OC)c(-c4c(C)noc4C)cc3ncc21. The lowest BCUT2D eigenvalue weighted by Crippen LogP contribution is -2.19. The van der Waals surface area contributed by atoms with Gasteiger partial charge >= 0.3 is 5.69 Å². The lowest BCUT2D eigenvalue weighted by molar-refractivity contribution is 0.187. The smallest absolute Gasteiger partial charge is 0.326 e. The molecule has 29 heavy (non-hydrogen) atoms. The molecule has 4 rings (SSSR count). The largest absolute Gasteiger partial charge is 0.496 e. The van der Waals surface area contributed by atoms with Crippen molar-refractivity contribution >= 4 is 21.9 Å². The van der Waals surface area contributed by atoms with Crippen LogP contribution in [0, 0.1) is 13.8 Å². The third kappa shape index (κ3) is 3.51. The van der Waals surface area contributed by atoms with Gasteiger partial charge in [0.1, 0.15) is 11.5 Å². The summed E-state index contributed by atoms with van der Waals surface area (Å²) < 4.78 is 17.6. The zero-order valence-electron chi connectivity index (χ0n) is 17.6. The van der Waals surface area contributed by atoms with E-state index in [1.165, 1.54) is 0 Å². The molecule has 8 nitrogen and oxygen atoms in total. The lowest BCUT2D eigenvalue weighted by Gasteiger charge is -2.11. The number of hydrogen-bond donors (Lipinski definition) is 1. The molecule has 3 heterocycles. The Labute approximate surface area is 168 Å². The molecule has 0 bridgehead atoms. The number of H-pyrrole nitrogens is 1. The van der Waals surface area contributed by atoms with Crippen LogP contribution in [0.3, 0.4) is 0 Å². The van der Waals surface area contributed by atoms with E-state index in [-0.39, 0.29) is 5.69 Å². The zero-order valence-corrected chi connectivity index (χ0v) is 17.6. The van der Waals surface area contributed by atoms with Crippen LogP contribution in [0.25, 0.3) is 33.1 Å². The molecule has 1 N–H and O–H groups in total. The number of aromatic nitrogens is 4. The van der Waals surface area contributed by atoms with Crippen LogP contribution in [0.15, 0.2) is 27.6 Å². The van der Waals surface area contributed by atoms with Crippen molar-refractivity contribution in [3.63, 3.8) is 0 Å². The van der Waals surface area contributed by atoms with Crippen molar-refractivity contribution < 1.29 is 14.0 Å². The maximum atomic E-state index is 12.4. The number of ether oxygens (including phenoxy) is 2. The number of rotatable bonds is 5. The van der Waals surface area contributed by atoms with Gasteiger partial charge in [-0.15, -0.1) is 0 Å². The van der Waals surface area contributed by atoms with E-state index in [2.05, 4.69) is 15.1 Å². The molecule has 0 radical (unpaired) electrons. The Morgan fingerprint density at radius 3 is 2.59 bits per heavy atom. The summed E-state index contributed by atoms with van der Waals surface area (Å²) in [6.07, 6.45) is 1.70. The van der Waals surface area contributed by atoms with E-state index >= 15 is 0 Å². The molecule has 0 atom stereocenters. The number of nitrogens with zero attached hydrogens (tertiary/aromatic N) is 3. The fourth-order valence-electron chi connectivity index (χ4n) is 3.46. The van der Waals surface area contributed by atoms with Gasteiger partial charge in [0, 0.05) is 18.1 Å². The van der Waals surface area contributed by atoms with Crippen LogP contribution in [0.1, 0.15) is 25.3 Å². The summed E-state index contributed by atoms with van der Waals surface area (Å²) in [6.45, 7) is 8.65. The second-order valence-corrected chi connectivity index (χ2v) is 6.36. The number of nitrogens with one attached hydrogen (secondary N) is 1. The molecule has 0 unspecified atom stereocenters. The maximum Gasteiger partial charge on any atom is 0.326 e. The Balaban J connectivity index is 0.00000117. The number of pyridine rings is 1. The second kappa shape index (κ2) is 8.48. The first-order valence-electron chi connectivity index (χ1n) is 9.56. The first-order chi connectivity index (χ1) is 14.0. The number of aryl methyl sites for hydroxylation is 2. The summed E-state index contributed by atoms with van der Waals surface area (Å²) in [4.78, 5) is 19.9. The monoisotopic (exact) mass is 398 g/mol. The van der Waals surface area contributed by atoms with E-state index in [4.69, 9.17) is 14.0 Å². The quantitative estimate of drug-likeness (QED) is 0.549. The first-order valence-corrected chi connectivity index (χ1v) is 9.56. The highest BCUT2D eigenvalue weighted by Gasteiger charge is 2.19. The van der Waals surface area contributed by atoms with E-state index in [1.54, 1.807) is 25.0 Å². The molecule has 4 aromatic rings. The Morgan fingerprint density at radius 2 is 1.97 bits per heavy atom. The summed E-state index contributed by atoms with van der Waals surface area (Å²) in [5.41, 5.74) is 4.55. The molecule has 0 fully saturated rings. The molecule has 0 aliphatic heterocycles. The van der Waals surface area contributed by atoms with Gasteiger partial charge in [-0.05, 0) is 26.0 Å². The van der Waals surface area contributed by atoms with Gasteiger partial charge < -0.3 is 19.0 Å². The Kier molecular flexibility index (Phi) is 6.03. The summed E-state index contributed by atoms with van der Waals surface area (Å²) in [5.74, 6) is 1.38. The molecule has 0 saturated heterocycles. The highest BCUT2D eigenvalue weighted by atomic mass is 16.5. The van der Waals surface area contributed by atoms with E-state index < -0.39 is 0 Å². The number of methoxy groups -OCH3 is 2. The highest BCUT2D eigenvalue weighted by Crippen LogP contribution is 2.38. The molecule has 154 valence electrons. The van der Waals surface area contributed by atoms with Gasteiger partial charge in [0.15, 0.2) is 0 Å². The zero-order chi connectivity index (χ0) is 21.1. The Bertz CT molecular complexity index is 1180.